The first-order valence-electron chi connectivity index (χ1n) is 9.87. The summed E-state index contributed by atoms with van der Waals surface area (Å²) < 4.78 is 5.22. The Kier molecular flexibility index (Phi) is 5.46. The molecule has 0 spiro atoms. The van der Waals surface area contributed by atoms with Gasteiger partial charge in [0.25, 0.3) is 0 Å². The van der Waals surface area contributed by atoms with Gasteiger partial charge in [0.15, 0.2) is 0 Å². The number of aryl methyl sites for hydroxylation is 2. The largest absolute Gasteiger partial charge is 0.497 e. The van der Waals surface area contributed by atoms with Gasteiger partial charge in [-0.3, -0.25) is 0 Å². The Balaban J connectivity index is 1.63. The first-order valence-corrected chi connectivity index (χ1v) is 9.87. The van der Waals surface area contributed by atoms with Gasteiger partial charge in [0.2, 0.25) is 17.8 Å². The van der Waals surface area contributed by atoms with Crippen molar-refractivity contribution in [2.24, 2.45) is 0 Å². The van der Waals surface area contributed by atoms with E-state index in [1.54, 1.807) is 7.11 Å². The number of aromatic nitrogens is 3. The summed E-state index contributed by atoms with van der Waals surface area (Å²) >= 11 is 0. The van der Waals surface area contributed by atoms with Gasteiger partial charge in [-0.1, -0.05) is 6.07 Å². The number of methoxy groups -OCH3 is 1. The summed E-state index contributed by atoms with van der Waals surface area (Å²) in [4.78, 5) is 16.1. The molecule has 4 rings (SSSR count). The molecule has 0 bridgehead atoms. The molecule has 7 heteroatoms. The van der Waals surface area contributed by atoms with Gasteiger partial charge in [0.05, 0.1) is 7.11 Å². The van der Waals surface area contributed by atoms with Crippen molar-refractivity contribution in [3.8, 4) is 5.75 Å². The highest BCUT2D eigenvalue weighted by Gasteiger charge is 2.18. The Morgan fingerprint density at radius 2 is 1.41 bits per heavy atom. The molecule has 3 aromatic rings. The predicted molar refractivity (Wildman–Crippen MR) is 117 cm³/mol. The van der Waals surface area contributed by atoms with Gasteiger partial charge in [0, 0.05) is 24.5 Å². The van der Waals surface area contributed by atoms with Gasteiger partial charge in [-0.2, -0.15) is 15.0 Å². The molecular formula is C22H26N6O. The van der Waals surface area contributed by atoms with Gasteiger partial charge < -0.3 is 20.3 Å². The third-order valence-electron chi connectivity index (χ3n) is 5.12. The van der Waals surface area contributed by atoms with Crippen LogP contribution in [-0.2, 0) is 0 Å². The maximum absolute atomic E-state index is 5.22. The molecule has 1 saturated heterocycles. The van der Waals surface area contributed by atoms with Crippen LogP contribution in [0.3, 0.4) is 0 Å². The van der Waals surface area contributed by atoms with Crippen molar-refractivity contribution in [2.75, 3.05) is 35.7 Å². The summed E-state index contributed by atoms with van der Waals surface area (Å²) in [5, 5.41) is 6.61. The normalized spacial score (nSPS) is 13.4. The lowest BCUT2D eigenvalue weighted by Crippen LogP contribution is -2.21. The van der Waals surface area contributed by atoms with Crippen LogP contribution in [0.5, 0.6) is 5.75 Å². The van der Waals surface area contributed by atoms with E-state index in [1.165, 1.54) is 11.1 Å². The average Bonchev–Trinajstić information content (AvgIpc) is 3.26. The second kappa shape index (κ2) is 8.34. The monoisotopic (exact) mass is 390 g/mol. The molecule has 1 fully saturated rings. The molecule has 2 aromatic carbocycles. The van der Waals surface area contributed by atoms with E-state index in [0.717, 1.165) is 43.1 Å². The SMILES string of the molecule is COc1ccc(Nc2nc(Nc3ccc(C)c(C)c3)nc(N3CCCC3)n2)cc1. The number of nitrogens with one attached hydrogen (secondary N) is 2. The average molecular weight is 390 g/mol. The van der Waals surface area contributed by atoms with Crippen LogP contribution < -0.4 is 20.3 Å². The van der Waals surface area contributed by atoms with E-state index in [1.807, 2.05) is 30.3 Å². The standard InChI is InChI=1S/C22H26N6O/c1-15-6-7-18(14-16(15)2)24-21-25-20(23-17-8-10-19(29-3)11-9-17)26-22(27-21)28-12-4-5-13-28/h6-11,14H,4-5,12-13H2,1-3H3,(H2,23,24,25,26,27). The minimum atomic E-state index is 0.512. The fourth-order valence-corrected chi connectivity index (χ4v) is 3.29. The second-order valence-corrected chi connectivity index (χ2v) is 7.25. The van der Waals surface area contributed by atoms with Gasteiger partial charge in [-0.15, -0.1) is 0 Å². The van der Waals surface area contributed by atoms with Crippen LogP contribution in [0.15, 0.2) is 42.5 Å². The highest BCUT2D eigenvalue weighted by Crippen LogP contribution is 2.24. The first kappa shape index (κ1) is 19.0. The molecule has 7 nitrogen and oxygen atoms in total. The topological polar surface area (TPSA) is 75.2 Å². The molecule has 0 atom stereocenters. The minimum absolute atomic E-state index is 0.512. The number of hydrogen-bond acceptors (Lipinski definition) is 7. The molecule has 0 unspecified atom stereocenters. The molecule has 0 saturated carbocycles. The third kappa shape index (κ3) is 4.56. The summed E-state index contributed by atoms with van der Waals surface area (Å²) in [7, 11) is 1.65. The number of hydrogen-bond donors (Lipinski definition) is 2. The zero-order valence-electron chi connectivity index (χ0n) is 17.1. The van der Waals surface area contributed by atoms with E-state index >= 15 is 0 Å². The summed E-state index contributed by atoms with van der Waals surface area (Å²) in [6, 6.07) is 13.9. The first-order chi connectivity index (χ1) is 14.1. The molecular weight excluding hydrogens is 364 g/mol. The fraction of sp³-hybridized carbons (Fsp3) is 0.318. The number of benzene rings is 2. The van der Waals surface area contributed by atoms with Gasteiger partial charge in [-0.05, 0) is 74.2 Å². The maximum atomic E-state index is 5.22. The molecule has 1 aliphatic rings. The number of anilines is 5. The predicted octanol–water partition coefficient (Wildman–Crippen LogP) is 4.58. The van der Waals surface area contributed by atoms with Crippen molar-refractivity contribution < 1.29 is 4.74 Å². The summed E-state index contributed by atoms with van der Waals surface area (Å²) in [6.45, 7) is 6.13. The zero-order chi connectivity index (χ0) is 20.2. The summed E-state index contributed by atoms with van der Waals surface area (Å²) in [6.07, 6.45) is 2.32. The lowest BCUT2D eigenvalue weighted by molar-refractivity contribution is 0.415. The summed E-state index contributed by atoms with van der Waals surface area (Å²) in [5.74, 6) is 2.54. The Morgan fingerprint density at radius 3 is 2.03 bits per heavy atom. The molecule has 2 heterocycles. The van der Waals surface area contributed by atoms with Gasteiger partial charge in [-0.25, -0.2) is 0 Å². The van der Waals surface area contributed by atoms with Crippen LogP contribution in [0.2, 0.25) is 0 Å². The number of rotatable bonds is 6. The van der Waals surface area contributed by atoms with Crippen LogP contribution in [0.1, 0.15) is 24.0 Å². The fourth-order valence-electron chi connectivity index (χ4n) is 3.29. The molecule has 0 radical (unpaired) electrons. The number of ether oxygens (including phenoxy) is 1. The van der Waals surface area contributed by atoms with Crippen LogP contribution in [0, 0.1) is 13.8 Å². The highest BCUT2D eigenvalue weighted by molar-refractivity contribution is 5.61. The van der Waals surface area contributed by atoms with Crippen LogP contribution >= 0.6 is 0 Å². The lowest BCUT2D eigenvalue weighted by atomic mass is 10.1. The van der Waals surface area contributed by atoms with Crippen molar-refractivity contribution in [3.05, 3.63) is 53.6 Å². The van der Waals surface area contributed by atoms with E-state index < -0.39 is 0 Å². The van der Waals surface area contributed by atoms with E-state index in [0.29, 0.717) is 17.8 Å². The van der Waals surface area contributed by atoms with Crippen molar-refractivity contribution in [1.82, 2.24) is 15.0 Å². The van der Waals surface area contributed by atoms with E-state index in [9.17, 15) is 0 Å². The Bertz CT molecular complexity index is 983. The zero-order valence-corrected chi connectivity index (χ0v) is 17.1. The molecule has 29 heavy (non-hydrogen) atoms. The van der Waals surface area contributed by atoms with Crippen LogP contribution in [0.4, 0.5) is 29.2 Å². The lowest BCUT2D eigenvalue weighted by Gasteiger charge is -2.17. The van der Waals surface area contributed by atoms with Crippen molar-refractivity contribution in [2.45, 2.75) is 26.7 Å². The molecule has 150 valence electrons. The molecule has 2 N–H and O–H groups in total. The second-order valence-electron chi connectivity index (χ2n) is 7.25. The van der Waals surface area contributed by atoms with Crippen molar-refractivity contribution >= 4 is 29.2 Å². The quantitative estimate of drug-likeness (QED) is 0.638. The molecule has 1 aliphatic heterocycles. The minimum Gasteiger partial charge on any atom is -0.497 e. The van der Waals surface area contributed by atoms with Crippen molar-refractivity contribution in [3.63, 3.8) is 0 Å². The Morgan fingerprint density at radius 1 is 0.793 bits per heavy atom. The van der Waals surface area contributed by atoms with E-state index in [2.05, 4.69) is 56.5 Å². The summed E-state index contributed by atoms with van der Waals surface area (Å²) in [5.41, 5.74) is 4.33. The maximum Gasteiger partial charge on any atom is 0.233 e. The van der Waals surface area contributed by atoms with E-state index in [4.69, 9.17) is 4.74 Å². The third-order valence-corrected chi connectivity index (χ3v) is 5.12. The molecule has 1 aromatic heterocycles. The van der Waals surface area contributed by atoms with Gasteiger partial charge in [0.1, 0.15) is 5.75 Å². The van der Waals surface area contributed by atoms with Crippen molar-refractivity contribution in [1.29, 1.82) is 0 Å². The van der Waals surface area contributed by atoms with Gasteiger partial charge >= 0.3 is 0 Å². The Hall–Kier alpha value is -3.35. The van der Waals surface area contributed by atoms with Crippen LogP contribution in [-0.4, -0.2) is 35.2 Å². The van der Waals surface area contributed by atoms with Crippen LogP contribution in [0.25, 0.3) is 0 Å². The molecule has 0 aliphatic carbocycles. The number of nitrogens with zero attached hydrogens (tertiary/aromatic N) is 4. The Labute approximate surface area is 171 Å². The molecule has 0 amide bonds. The highest BCUT2D eigenvalue weighted by atomic mass is 16.5. The smallest absolute Gasteiger partial charge is 0.233 e. The van der Waals surface area contributed by atoms with E-state index in [-0.39, 0.29) is 0 Å².